The summed E-state index contributed by atoms with van der Waals surface area (Å²) in [5.41, 5.74) is 1.53. The number of nitrogens with zero attached hydrogens (tertiary/aromatic N) is 2. The molecule has 2 aliphatic heterocycles. The zero-order valence-corrected chi connectivity index (χ0v) is 16.2. The molecule has 2 aliphatic rings. The SMILES string of the molecule is CC1(C)CCCN1Cc1cccc(OC[C@@H](O)CN2CCC(O)CC2)c1. The molecule has 26 heavy (non-hydrogen) atoms. The van der Waals surface area contributed by atoms with Gasteiger partial charge in [-0.3, -0.25) is 4.90 Å². The van der Waals surface area contributed by atoms with Gasteiger partial charge in [0.15, 0.2) is 0 Å². The van der Waals surface area contributed by atoms with Crippen LogP contribution in [-0.4, -0.2) is 70.5 Å². The molecule has 2 N–H and O–H groups in total. The summed E-state index contributed by atoms with van der Waals surface area (Å²) < 4.78 is 5.84. The average Bonchev–Trinajstić information content (AvgIpc) is 2.94. The van der Waals surface area contributed by atoms with Crippen LogP contribution in [0.4, 0.5) is 0 Å². The maximum atomic E-state index is 10.3. The lowest BCUT2D eigenvalue weighted by Gasteiger charge is -2.31. The fourth-order valence-electron chi connectivity index (χ4n) is 4.06. The molecule has 146 valence electrons. The second-order valence-corrected chi connectivity index (χ2v) is 8.48. The summed E-state index contributed by atoms with van der Waals surface area (Å²) in [7, 11) is 0. The predicted octanol–water partition coefficient (Wildman–Crippen LogP) is 2.26. The van der Waals surface area contributed by atoms with Gasteiger partial charge in [0, 0.05) is 31.7 Å². The average molecular weight is 363 g/mol. The molecule has 0 aromatic heterocycles. The van der Waals surface area contributed by atoms with E-state index in [9.17, 15) is 10.2 Å². The fraction of sp³-hybridized carbons (Fsp3) is 0.714. The predicted molar refractivity (Wildman–Crippen MR) is 103 cm³/mol. The van der Waals surface area contributed by atoms with E-state index in [1.165, 1.54) is 18.4 Å². The van der Waals surface area contributed by atoms with Crippen LogP contribution in [0.1, 0.15) is 45.1 Å². The first-order valence-corrected chi connectivity index (χ1v) is 9.98. The van der Waals surface area contributed by atoms with Crippen LogP contribution in [0.3, 0.4) is 0 Å². The van der Waals surface area contributed by atoms with Gasteiger partial charge >= 0.3 is 0 Å². The molecule has 2 fully saturated rings. The highest BCUT2D eigenvalue weighted by Crippen LogP contribution is 2.30. The molecule has 0 bridgehead atoms. The highest BCUT2D eigenvalue weighted by atomic mass is 16.5. The third kappa shape index (κ3) is 5.43. The summed E-state index contributed by atoms with van der Waals surface area (Å²) >= 11 is 0. The Labute approximate surface area is 157 Å². The van der Waals surface area contributed by atoms with Crippen LogP contribution in [0.2, 0.25) is 0 Å². The Hall–Kier alpha value is -1.14. The van der Waals surface area contributed by atoms with Gasteiger partial charge in [-0.05, 0) is 63.8 Å². The van der Waals surface area contributed by atoms with Crippen LogP contribution in [0.5, 0.6) is 5.75 Å². The number of hydrogen-bond donors (Lipinski definition) is 2. The smallest absolute Gasteiger partial charge is 0.119 e. The molecular formula is C21H34N2O3. The Morgan fingerprint density at radius 3 is 2.69 bits per heavy atom. The Balaban J connectivity index is 1.46. The zero-order valence-electron chi connectivity index (χ0n) is 16.2. The maximum Gasteiger partial charge on any atom is 0.119 e. The molecule has 1 aromatic carbocycles. The third-order valence-corrected chi connectivity index (χ3v) is 5.81. The molecule has 3 rings (SSSR count). The normalized spacial score (nSPS) is 23.2. The number of benzene rings is 1. The van der Waals surface area contributed by atoms with Gasteiger partial charge in [0.25, 0.3) is 0 Å². The van der Waals surface area contributed by atoms with Gasteiger partial charge in [0.2, 0.25) is 0 Å². The number of piperidine rings is 1. The number of rotatable bonds is 7. The van der Waals surface area contributed by atoms with Gasteiger partial charge in [-0.25, -0.2) is 0 Å². The molecular weight excluding hydrogens is 328 g/mol. The van der Waals surface area contributed by atoms with E-state index in [-0.39, 0.29) is 11.6 Å². The Bertz CT molecular complexity index is 570. The number of aliphatic hydroxyl groups is 2. The number of ether oxygens (including phenoxy) is 1. The monoisotopic (exact) mass is 362 g/mol. The minimum absolute atomic E-state index is 0.178. The Morgan fingerprint density at radius 2 is 2.00 bits per heavy atom. The van der Waals surface area contributed by atoms with Crippen molar-refractivity contribution >= 4 is 0 Å². The molecule has 0 radical (unpaired) electrons. The van der Waals surface area contributed by atoms with E-state index in [1.54, 1.807) is 0 Å². The first kappa shape index (κ1) is 19.6. The third-order valence-electron chi connectivity index (χ3n) is 5.81. The quantitative estimate of drug-likeness (QED) is 0.779. The number of β-amino-alcohol motifs (C(OH)–C–C–N with tert-alkyl or cyclic N) is 1. The Kier molecular flexibility index (Phi) is 6.56. The van der Waals surface area contributed by atoms with Gasteiger partial charge in [0.05, 0.1) is 6.10 Å². The number of aliphatic hydroxyl groups excluding tert-OH is 2. The highest BCUT2D eigenvalue weighted by Gasteiger charge is 2.31. The van der Waals surface area contributed by atoms with Crippen molar-refractivity contribution in [2.24, 2.45) is 0 Å². The van der Waals surface area contributed by atoms with Crippen LogP contribution in [0.15, 0.2) is 24.3 Å². The van der Waals surface area contributed by atoms with Crippen LogP contribution < -0.4 is 4.74 Å². The van der Waals surface area contributed by atoms with Crippen molar-refractivity contribution in [3.63, 3.8) is 0 Å². The summed E-state index contributed by atoms with van der Waals surface area (Å²) in [5, 5.41) is 19.8. The van der Waals surface area contributed by atoms with Gasteiger partial charge < -0.3 is 19.8 Å². The first-order valence-electron chi connectivity index (χ1n) is 9.98. The van der Waals surface area contributed by atoms with E-state index < -0.39 is 6.10 Å². The summed E-state index contributed by atoms with van der Waals surface area (Å²) in [6.07, 6.45) is 3.42. The first-order chi connectivity index (χ1) is 12.4. The fourth-order valence-corrected chi connectivity index (χ4v) is 4.06. The highest BCUT2D eigenvalue weighted by molar-refractivity contribution is 5.28. The molecule has 0 aliphatic carbocycles. The molecule has 2 heterocycles. The summed E-state index contributed by atoms with van der Waals surface area (Å²) in [5.74, 6) is 0.826. The minimum Gasteiger partial charge on any atom is -0.491 e. The van der Waals surface area contributed by atoms with Crippen LogP contribution in [0.25, 0.3) is 0 Å². The molecule has 0 unspecified atom stereocenters. The van der Waals surface area contributed by atoms with Crippen molar-refractivity contribution < 1.29 is 14.9 Å². The lowest BCUT2D eigenvalue weighted by Crippen LogP contribution is -2.41. The number of likely N-dealkylation sites (tertiary alicyclic amines) is 2. The lowest BCUT2D eigenvalue weighted by atomic mass is 10.0. The van der Waals surface area contributed by atoms with E-state index in [0.717, 1.165) is 44.8 Å². The van der Waals surface area contributed by atoms with Crippen molar-refractivity contribution in [2.45, 2.75) is 63.8 Å². The van der Waals surface area contributed by atoms with Crippen LogP contribution >= 0.6 is 0 Å². The minimum atomic E-state index is -0.508. The van der Waals surface area contributed by atoms with Gasteiger partial charge in [-0.2, -0.15) is 0 Å². The molecule has 0 amide bonds. The van der Waals surface area contributed by atoms with Crippen molar-refractivity contribution in [2.75, 3.05) is 32.8 Å². The van der Waals surface area contributed by atoms with Crippen molar-refractivity contribution in [3.8, 4) is 5.75 Å². The summed E-state index contributed by atoms with van der Waals surface area (Å²) in [6.45, 7) is 9.33. The molecule has 0 saturated carbocycles. The van der Waals surface area contributed by atoms with Gasteiger partial charge in [-0.15, -0.1) is 0 Å². The molecule has 1 atom stereocenters. The van der Waals surface area contributed by atoms with E-state index in [4.69, 9.17) is 4.74 Å². The topological polar surface area (TPSA) is 56.2 Å². The van der Waals surface area contributed by atoms with Crippen LogP contribution in [-0.2, 0) is 6.54 Å². The lowest BCUT2D eigenvalue weighted by molar-refractivity contribution is 0.0337. The second kappa shape index (κ2) is 8.70. The van der Waals surface area contributed by atoms with Crippen molar-refractivity contribution in [1.82, 2.24) is 9.80 Å². The van der Waals surface area contributed by atoms with Crippen molar-refractivity contribution in [3.05, 3.63) is 29.8 Å². The van der Waals surface area contributed by atoms with Crippen LogP contribution in [0, 0.1) is 0 Å². The van der Waals surface area contributed by atoms with Gasteiger partial charge in [-0.1, -0.05) is 12.1 Å². The maximum absolute atomic E-state index is 10.3. The van der Waals surface area contributed by atoms with E-state index in [0.29, 0.717) is 13.2 Å². The van der Waals surface area contributed by atoms with Gasteiger partial charge in [0.1, 0.15) is 18.5 Å². The van der Waals surface area contributed by atoms with Crippen molar-refractivity contribution in [1.29, 1.82) is 0 Å². The number of hydrogen-bond acceptors (Lipinski definition) is 5. The Morgan fingerprint density at radius 1 is 1.23 bits per heavy atom. The summed E-state index contributed by atoms with van der Waals surface area (Å²) in [4.78, 5) is 4.73. The molecule has 2 saturated heterocycles. The molecule has 0 spiro atoms. The molecule has 1 aromatic rings. The van der Waals surface area contributed by atoms with E-state index in [2.05, 4.69) is 35.8 Å². The molecule has 5 heteroatoms. The standard InChI is InChI=1S/C21H34N2O3/c1-21(2)9-4-10-23(21)14-17-5-3-6-20(13-17)26-16-19(25)15-22-11-7-18(24)8-12-22/h3,5-6,13,18-19,24-25H,4,7-12,14-16H2,1-2H3/t19-/m0/s1. The zero-order chi connectivity index (χ0) is 18.6. The van der Waals surface area contributed by atoms with E-state index >= 15 is 0 Å². The largest absolute Gasteiger partial charge is 0.491 e. The van der Waals surface area contributed by atoms with E-state index in [1.807, 2.05) is 12.1 Å². The summed E-state index contributed by atoms with van der Waals surface area (Å²) in [6, 6.07) is 8.24. The second-order valence-electron chi connectivity index (χ2n) is 8.48. The molecule has 5 nitrogen and oxygen atoms in total.